The standard InChI is InChI=1S/C21H15F5O2/c1-2-3-10-27-14-6-8-17(19(23)12-14)21(25,26)28-15-5-7-16-13(11-15)4-9-18(22)20(16)24/h2-9,11-12H,10H2,1H3. The summed E-state index contributed by atoms with van der Waals surface area (Å²) in [5.41, 5.74) is -0.976. The summed E-state index contributed by atoms with van der Waals surface area (Å²) in [6.07, 6.45) is -0.577. The van der Waals surface area contributed by atoms with Crippen LogP contribution in [-0.4, -0.2) is 6.61 Å². The van der Waals surface area contributed by atoms with Crippen LogP contribution in [0.4, 0.5) is 22.0 Å². The summed E-state index contributed by atoms with van der Waals surface area (Å²) in [6, 6.07) is 8.34. The average Bonchev–Trinajstić information content (AvgIpc) is 2.64. The van der Waals surface area contributed by atoms with Crippen LogP contribution in [0.15, 0.2) is 60.7 Å². The lowest BCUT2D eigenvalue weighted by Crippen LogP contribution is -2.23. The summed E-state index contributed by atoms with van der Waals surface area (Å²) in [6.45, 7) is 1.96. The zero-order valence-corrected chi connectivity index (χ0v) is 14.7. The van der Waals surface area contributed by atoms with Gasteiger partial charge < -0.3 is 9.47 Å². The zero-order chi connectivity index (χ0) is 20.3. The Morgan fingerprint density at radius 2 is 1.64 bits per heavy atom. The fourth-order valence-corrected chi connectivity index (χ4v) is 2.57. The first-order valence-corrected chi connectivity index (χ1v) is 8.30. The first kappa shape index (κ1) is 19.7. The van der Waals surface area contributed by atoms with Crippen LogP contribution in [0.1, 0.15) is 12.5 Å². The van der Waals surface area contributed by atoms with Crippen LogP contribution in [-0.2, 0) is 6.11 Å². The number of rotatable bonds is 6. The monoisotopic (exact) mass is 394 g/mol. The van der Waals surface area contributed by atoms with Crippen molar-refractivity contribution >= 4 is 10.8 Å². The molecule has 3 aromatic carbocycles. The predicted octanol–water partition coefficient (Wildman–Crippen LogP) is 6.34. The SMILES string of the molecule is CC=CCOc1ccc(C(F)(F)Oc2ccc3c(F)c(F)ccc3c2)c(F)c1. The molecule has 3 rings (SSSR count). The molecule has 0 fully saturated rings. The van der Waals surface area contributed by atoms with E-state index in [2.05, 4.69) is 4.74 Å². The highest BCUT2D eigenvalue weighted by molar-refractivity contribution is 5.84. The van der Waals surface area contributed by atoms with Gasteiger partial charge in [-0.25, -0.2) is 13.2 Å². The third-order valence-corrected chi connectivity index (χ3v) is 3.96. The van der Waals surface area contributed by atoms with Crippen molar-refractivity contribution in [3.8, 4) is 11.5 Å². The highest BCUT2D eigenvalue weighted by Crippen LogP contribution is 2.35. The molecule has 0 aliphatic rings. The molecule has 0 spiro atoms. The summed E-state index contributed by atoms with van der Waals surface area (Å²) in [5, 5.41) is 0.0878. The molecule has 0 unspecified atom stereocenters. The zero-order valence-electron chi connectivity index (χ0n) is 14.7. The molecule has 0 amide bonds. The van der Waals surface area contributed by atoms with E-state index in [4.69, 9.17) is 4.74 Å². The molecular weight excluding hydrogens is 379 g/mol. The second kappa shape index (κ2) is 7.88. The lowest BCUT2D eigenvalue weighted by molar-refractivity contribution is -0.187. The normalized spacial score (nSPS) is 11.9. The molecule has 28 heavy (non-hydrogen) atoms. The van der Waals surface area contributed by atoms with E-state index in [1.54, 1.807) is 19.1 Å². The molecule has 0 heterocycles. The minimum absolute atomic E-state index is 0.0792. The lowest BCUT2D eigenvalue weighted by atomic mass is 10.1. The highest BCUT2D eigenvalue weighted by Gasteiger charge is 2.38. The molecule has 2 nitrogen and oxygen atoms in total. The Kier molecular flexibility index (Phi) is 5.53. The second-order valence-corrected chi connectivity index (χ2v) is 5.88. The van der Waals surface area contributed by atoms with Gasteiger partial charge in [0.05, 0.1) is 0 Å². The van der Waals surface area contributed by atoms with Crippen molar-refractivity contribution in [3.05, 3.63) is 83.7 Å². The van der Waals surface area contributed by atoms with Gasteiger partial charge in [-0.05, 0) is 48.7 Å². The van der Waals surface area contributed by atoms with Gasteiger partial charge in [-0.3, -0.25) is 0 Å². The van der Waals surface area contributed by atoms with E-state index < -0.39 is 29.1 Å². The van der Waals surface area contributed by atoms with Crippen molar-refractivity contribution in [2.45, 2.75) is 13.0 Å². The molecular formula is C21H15F5O2. The van der Waals surface area contributed by atoms with Crippen LogP contribution >= 0.6 is 0 Å². The summed E-state index contributed by atoms with van der Waals surface area (Å²) in [4.78, 5) is 0. The van der Waals surface area contributed by atoms with Gasteiger partial charge in [0.1, 0.15) is 29.5 Å². The van der Waals surface area contributed by atoms with Gasteiger partial charge in [0, 0.05) is 11.5 Å². The molecule has 7 heteroatoms. The van der Waals surface area contributed by atoms with Crippen molar-refractivity contribution in [1.29, 1.82) is 0 Å². The van der Waals surface area contributed by atoms with Crippen molar-refractivity contribution < 1.29 is 31.4 Å². The van der Waals surface area contributed by atoms with Crippen molar-refractivity contribution in [2.75, 3.05) is 6.61 Å². The number of benzene rings is 3. The molecule has 0 aliphatic heterocycles. The molecule has 146 valence electrons. The van der Waals surface area contributed by atoms with Gasteiger partial charge >= 0.3 is 6.11 Å². The van der Waals surface area contributed by atoms with Gasteiger partial charge in [-0.15, -0.1) is 0 Å². The number of ether oxygens (including phenoxy) is 2. The number of halogens is 5. The van der Waals surface area contributed by atoms with Crippen LogP contribution < -0.4 is 9.47 Å². The van der Waals surface area contributed by atoms with Crippen LogP contribution in [0, 0.1) is 17.5 Å². The number of hydrogen-bond acceptors (Lipinski definition) is 2. The Morgan fingerprint density at radius 3 is 2.36 bits per heavy atom. The Morgan fingerprint density at radius 1 is 0.893 bits per heavy atom. The van der Waals surface area contributed by atoms with E-state index in [0.29, 0.717) is 0 Å². The Hall–Kier alpha value is -3.09. The summed E-state index contributed by atoms with van der Waals surface area (Å²) < 4.78 is 79.8. The van der Waals surface area contributed by atoms with E-state index in [1.165, 1.54) is 12.1 Å². The predicted molar refractivity (Wildman–Crippen MR) is 95.1 cm³/mol. The lowest BCUT2D eigenvalue weighted by Gasteiger charge is -2.19. The fourth-order valence-electron chi connectivity index (χ4n) is 2.57. The second-order valence-electron chi connectivity index (χ2n) is 5.88. The maximum absolute atomic E-state index is 14.4. The van der Waals surface area contributed by atoms with Crippen molar-refractivity contribution in [3.63, 3.8) is 0 Å². The largest absolute Gasteiger partial charge is 0.489 e. The number of allylic oxidation sites excluding steroid dienone is 1. The first-order valence-electron chi connectivity index (χ1n) is 8.30. The van der Waals surface area contributed by atoms with Crippen molar-refractivity contribution in [2.24, 2.45) is 0 Å². The van der Waals surface area contributed by atoms with Gasteiger partial charge in [-0.1, -0.05) is 18.2 Å². The molecule has 0 saturated carbocycles. The third kappa shape index (κ3) is 4.08. The minimum atomic E-state index is -3.99. The van der Waals surface area contributed by atoms with Gasteiger partial charge in [-0.2, -0.15) is 8.78 Å². The Labute approximate surface area is 157 Å². The number of fused-ring (bicyclic) bond motifs is 1. The van der Waals surface area contributed by atoms with Gasteiger partial charge in [0.25, 0.3) is 0 Å². The molecule has 0 bridgehead atoms. The highest BCUT2D eigenvalue weighted by atomic mass is 19.3. The van der Waals surface area contributed by atoms with E-state index in [0.717, 1.165) is 36.4 Å². The number of hydrogen-bond donors (Lipinski definition) is 0. The van der Waals surface area contributed by atoms with E-state index in [1.807, 2.05) is 0 Å². The molecule has 0 radical (unpaired) electrons. The smallest absolute Gasteiger partial charge is 0.429 e. The fraction of sp³-hybridized carbons (Fsp3) is 0.143. The summed E-state index contributed by atoms with van der Waals surface area (Å²) in [7, 11) is 0. The van der Waals surface area contributed by atoms with Crippen LogP contribution in [0.3, 0.4) is 0 Å². The average molecular weight is 394 g/mol. The first-order chi connectivity index (χ1) is 13.3. The minimum Gasteiger partial charge on any atom is -0.489 e. The van der Waals surface area contributed by atoms with Crippen LogP contribution in [0.2, 0.25) is 0 Å². The maximum atomic E-state index is 14.4. The van der Waals surface area contributed by atoms with E-state index in [-0.39, 0.29) is 28.9 Å². The number of alkyl halides is 2. The molecule has 0 N–H and O–H groups in total. The third-order valence-electron chi connectivity index (χ3n) is 3.96. The molecule has 0 aromatic heterocycles. The summed E-state index contributed by atoms with van der Waals surface area (Å²) in [5.74, 6) is -3.56. The van der Waals surface area contributed by atoms with Crippen LogP contribution in [0.25, 0.3) is 10.8 Å². The maximum Gasteiger partial charge on any atom is 0.429 e. The molecule has 0 saturated heterocycles. The topological polar surface area (TPSA) is 18.5 Å². The quantitative estimate of drug-likeness (QED) is 0.359. The van der Waals surface area contributed by atoms with E-state index >= 15 is 0 Å². The molecule has 0 aliphatic carbocycles. The van der Waals surface area contributed by atoms with Crippen molar-refractivity contribution in [1.82, 2.24) is 0 Å². The van der Waals surface area contributed by atoms with Crippen LogP contribution in [0.5, 0.6) is 11.5 Å². The van der Waals surface area contributed by atoms with E-state index in [9.17, 15) is 22.0 Å². The Bertz CT molecular complexity index is 1030. The Balaban J connectivity index is 1.85. The molecule has 0 atom stereocenters. The summed E-state index contributed by atoms with van der Waals surface area (Å²) >= 11 is 0. The van der Waals surface area contributed by atoms with Gasteiger partial charge in [0.15, 0.2) is 11.6 Å². The molecule has 3 aromatic rings. The van der Waals surface area contributed by atoms with Gasteiger partial charge in [0.2, 0.25) is 0 Å².